The Bertz CT molecular complexity index is 1780. The van der Waals surface area contributed by atoms with Gasteiger partial charge in [-0.3, -0.25) is 24.8 Å². The smallest absolute Gasteiger partial charge is 0.227 e. The summed E-state index contributed by atoms with van der Waals surface area (Å²) in [5.74, 6) is 0.735. The van der Waals surface area contributed by atoms with Crippen molar-refractivity contribution in [1.29, 1.82) is 0 Å². The molecular weight excluding hydrogens is 478 g/mol. The third-order valence-electron chi connectivity index (χ3n) is 7.03. The summed E-state index contributed by atoms with van der Waals surface area (Å²) >= 11 is 0. The van der Waals surface area contributed by atoms with Crippen molar-refractivity contribution in [3.8, 4) is 34.0 Å². The summed E-state index contributed by atoms with van der Waals surface area (Å²) in [4.78, 5) is 38.6. The van der Waals surface area contributed by atoms with Crippen LogP contribution in [-0.2, 0) is 4.79 Å². The molecule has 38 heavy (non-hydrogen) atoms. The number of imidazole rings is 1. The fraction of sp³-hybridized carbons (Fsp3) is 0.179. The van der Waals surface area contributed by atoms with Crippen molar-refractivity contribution in [2.45, 2.75) is 25.7 Å². The molecule has 1 aliphatic carbocycles. The van der Waals surface area contributed by atoms with E-state index in [1.807, 2.05) is 36.4 Å². The minimum atomic E-state index is 0.0607. The predicted octanol–water partition coefficient (Wildman–Crippen LogP) is 5.15. The summed E-state index contributed by atoms with van der Waals surface area (Å²) in [6.45, 7) is 0. The van der Waals surface area contributed by atoms with E-state index in [4.69, 9.17) is 4.98 Å². The van der Waals surface area contributed by atoms with E-state index < -0.39 is 0 Å². The van der Waals surface area contributed by atoms with Crippen LogP contribution in [0.25, 0.3) is 56.1 Å². The van der Waals surface area contributed by atoms with Crippen LogP contribution in [0.1, 0.15) is 25.7 Å². The molecule has 1 saturated carbocycles. The molecular formula is C28H23N9O. The Labute approximate surface area is 217 Å². The maximum atomic E-state index is 12.6. The standard InChI is InChI=1S/C28H23N9O/c38-28(16-5-1-2-6-16)33-18-11-17(13-29-14-18)22-12-20-23(15-32-22)36-37-25(20)27-34-24-19(8-10-31-26(24)35-27)21-7-3-4-9-30-21/h3-4,7-16H,1-2,5-6H2,(H,33,38)(H,36,37)(H,31,34,35). The number of fused-ring (bicyclic) bond motifs is 2. The molecule has 0 aromatic carbocycles. The van der Waals surface area contributed by atoms with Crippen LogP contribution in [0.15, 0.2) is 67.4 Å². The van der Waals surface area contributed by atoms with Gasteiger partial charge in [0.2, 0.25) is 5.91 Å². The van der Waals surface area contributed by atoms with Gasteiger partial charge in [0.15, 0.2) is 11.5 Å². The van der Waals surface area contributed by atoms with Gasteiger partial charge in [0.05, 0.1) is 40.5 Å². The first-order valence-electron chi connectivity index (χ1n) is 12.6. The van der Waals surface area contributed by atoms with E-state index in [-0.39, 0.29) is 11.8 Å². The van der Waals surface area contributed by atoms with Gasteiger partial charge in [-0.05, 0) is 43.2 Å². The van der Waals surface area contributed by atoms with Crippen LogP contribution in [0.5, 0.6) is 0 Å². The average Bonchev–Trinajstić information content (AvgIpc) is 3.73. The second kappa shape index (κ2) is 9.15. The van der Waals surface area contributed by atoms with E-state index in [0.29, 0.717) is 28.5 Å². The van der Waals surface area contributed by atoms with Crippen molar-refractivity contribution in [1.82, 2.24) is 40.1 Å². The van der Waals surface area contributed by atoms with Crippen LogP contribution in [-0.4, -0.2) is 46.0 Å². The topological polar surface area (TPSA) is 138 Å². The van der Waals surface area contributed by atoms with Gasteiger partial charge in [0, 0.05) is 41.0 Å². The number of nitrogens with one attached hydrogen (secondary N) is 3. The highest BCUT2D eigenvalue weighted by molar-refractivity contribution is 5.97. The number of rotatable bonds is 5. The molecule has 0 spiro atoms. The number of nitrogens with zero attached hydrogens (tertiary/aromatic N) is 6. The molecule has 6 aromatic heterocycles. The van der Waals surface area contributed by atoms with Crippen molar-refractivity contribution in [3.05, 3.63) is 67.4 Å². The average molecular weight is 502 g/mol. The summed E-state index contributed by atoms with van der Waals surface area (Å²) in [6, 6.07) is 11.6. The number of aromatic amines is 2. The quantitative estimate of drug-likeness (QED) is 0.297. The van der Waals surface area contributed by atoms with Gasteiger partial charge in [0.1, 0.15) is 5.69 Å². The van der Waals surface area contributed by atoms with Gasteiger partial charge in [-0.15, -0.1) is 0 Å². The number of aromatic nitrogens is 8. The SMILES string of the molecule is O=C(Nc1cncc(-c2cc3c(-c4nc5nccc(-c6ccccn6)c5[nH]4)n[nH]c3cn2)c1)C1CCCC1. The highest BCUT2D eigenvalue weighted by Gasteiger charge is 2.23. The lowest BCUT2D eigenvalue weighted by atomic mass is 10.1. The predicted molar refractivity (Wildman–Crippen MR) is 144 cm³/mol. The molecule has 7 rings (SSSR count). The van der Waals surface area contributed by atoms with E-state index >= 15 is 0 Å². The number of carbonyl (C=O) groups is 1. The molecule has 0 aliphatic heterocycles. The van der Waals surface area contributed by atoms with Crippen molar-refractivity contribution in [3.63, 3.8) is 0 Å². The van der Waals surface area contributed by atoms with Gasteiger partial charge < -0.3 is 10.3 Å². The van der Waals surface area contributed by atoms with Gasteiger partial charge in [0.25, 0.3) is 0 Å². The van der Waals surface area contributed by atoms with Gasteiger partial charge in [-0.1, -0.05) is 18.9 Å². The highest BCUT2D eigenvalue weighted by atomic mass is 16.1. The molecule has 3 N–H and O–H groups in total. The minimum absolute atomic E-state index is 0.0607. The number of hydrogen-bond donors (Lipinski definition) is 3. The summed E-state index contributed by atoms with van der Waals surface area (Å²) in [5.41, 5.74) is 6.75. The molecule has 1 aliphatic rings. The van der Waals surface area contributed by atoms with Crippen LogP contribution in [0, 0.1) is 5.92 Å². The zero-order valence-electron chi connectivity index (χ0n) is 20.3. The lowest BCUT2D eigenvalue weighted by molar-refractivity contribution is -0.119. The second-order valence-electron chi connectivity index (χ2n) is 9.48. The molecule has 0 bridgehead atoms. The largest absolute Gasteiger partial charge is 0.335 e. The summed E-state index contributed by atoms with van der Waals surface area (Å²) < 4.78 is 0. The molecule has 0 unspecified atom stereocenters. The number of carbonyl (C=O) groups excluding carboxylic acids is 1. The molecule has 1 fully saturated rings. The molecule has 10 heteroatoms. The van der Waals surface area contributed by atoms with Crippen LogP contribution in [0.3, 0.4) is 0 Å². The fourth-order valence-electron chi connectivity index (χ4n) is 5.09. The Morgan fingerprint density at radius 3 is 2.74 bits per heavy atom. The van der Waals surface area contributed by atoms with Crippen molar-refractivity contribution in [2.75, 3.05) is 5.32 Å². The van der Waals surface area contributed by atoms with E-state index in [1.54, 1.807) is 31.0 Å². The van der Waals surface area contributed by atoms with Gasteiger partial charge in [-0.2, -0.15) is 5.10 Å². The van der Waals surface area contributed by atoms with E-state index in [0.717, 1.165) is 58.9 Å². The Kier molecular flexibility index (Phi) is 5.35. The first-order valence-corrected chi connectivity index (χ1v) is 12.6. The minimum Gasteiger partial charge on any atom is -0.335 e. The number of pyridine rings is 4. The molecule has 0 atom stereocenters. The van der Waals surface area contributed by atoms with Crippen LogP contribution < -0.4 is 5.32 Å². The zero-order valence-corrected chi connectivity index (χ0v) is 20.3. The van der Waals surface area contributed by atoms with E-state index in [9.17, 15) is 4.79 Å². The second-order valence-corrected chi connectivity index (χ2v) is 9.48. The van der Waals surface area contributed by atoms with Crippen molar-refractivity contribution in [2.24, 2.45) is 5.92 Å². The monoisotopic (exact) mass is 501 g/mol. The number of amides is 1. The summed E-state index contributed by atoms with van der Waals surface area (Å²) in [5, 5.41) is 11.4. The summed E-state index contributed by atoms with van der Waals surface area (Å²) in [7, 11) is 0. The first-order chi connectivity index (χ1) is 18.7. The van der Waals surface area contributed by atoms with E-state index in [1.165, 1.54) is 0 Å². The van der Waals surface area contributed by atoms with Crippen LogP contribution >= 0.6 is 0 Å². The number of anilines is 1. The molecule has 6 aromatic rings. The van der Waals surface area contributed by atoms with Gasteiger partial charge >= 0.3 is 0 Å². The fourth-order valence-corrected chi connectivity index (χ4v) is 5.09. The molecule has 10 nitrogen and oxygen atoms in total. The Hall–Kier alpha value is -4.99. The summed E-state index contributed by atoms with van der Waals surface area (Å²) in [6.07, 6.45) is 12.7. The lowest BCUT2D eigenvalue weighted by Crippen LogP contribution is -2.20. The molecule has 186 valence electrons. The highest BCUT2D eigenvalue weighted by Crippen LogP contribution is 2.32. The Morgan fingerprint density at radius 2 is 1.87 bits per heavy atom. The molecule has 1 amide bonds. The number of H-pyrrole nitrogens is 2. The van der Waals surface area contributed by atoms with Gasteiger partial charge in [-0.25, -0.2) is 9.97 Å². The first kappa shape index (κ1) is 22.2. The zero-order chi connectivity index (χ0) is 25.5. The van der Waals surface area contributed by atoms with Crippen LogP contribution in [0.4, 0.5) is 5.69 Å². The maximum absolute atomic E-state index is 12.6. The normalized spacial score (nSPS) is 13.9. The number of hydrogen-bond acceptors (Lipinski definition) is 7. The Balaban J connectivity index is 1.25. The Morgan fingerprint density at radius 1 is 0.947 bits per heavy atom. The van der Waals surface area contributed by atoms with Crippen LogP contribution in [0.2, 0.25) is 0 Å². The molecule has 6 heterocycles. The maximum Gasteiger partial charge on any atom is 0.227 e. The van der Waals surface area contributed by atoms with E-state index in [2.05, 4.69) is 40.4 Å². The van der Waals surface area contributed by atoms with Crippen molar-refractivity contribution >= 4 is 33.7 Å². The third kappa shape index (κ3) is 3.96. The molecule has 0 radical (unpaired) electrons. The third-order valence-corrected chi connectivity index (χ3v) is 7.03. The lowest BCUT2D eigenvalue weighted by Gasteiger charge is -2.11. The molecule has 0 saturated heterocycles. The van der Waals surface area contributed by atoms with Crippen molar-refractivity contribution < 1.29 is 4.79 Å².